The second-order valence-corrected chi connectivity index (χ2v) is 5.01. The van der Waals surface area contributed by atoms with Gasteiger partial charge in [0.15, 0.2) is 0 Å². The smallest absolute Gasteiger partial charge is 0.293 e. The average Bonchev–Trinajstić information content (AvgIpc) is 2.35. The topological polar surface area (TPSA) is 104 Å². The molecule has 0 bridgehead atoms. The Morgan fingerprint density at radius 2 is 2.10 bits per heavy atom. The zero-order valence-corrected chi connectivity index (χ0v) is 11.8. The summed E-state index contributed by atoms with van der Waals surface area (Å²) in [5, 5.41) is 26.1. The van der Waals surface area contributed by atoms with Crippen molar-refractivity contribution in [2.75, 3.05) is 18.4 Å². The van der Waals surface area contributed by atoms with Crippen molar-refractivity contribution in [1.82, 2.24) is 5.32 Å². The second-order valence-electron chi connectivity index (χ2n) is 5.01. The van der Waals surface area contributed by atoms with Crippen LogP contribution in [0.1, 0.15) is 31.1 Å². The molecule has 1 aromatic rings. The number of nitrogens with zero attached hydrogens (tertiary/aromatic N) is 1. The average molecular weight is 281 g/mol. The molecule has 0 spiro atoms. The Bertz CT molecular complexity index is 509. The van der Waals surface area contributed by atoms with E-state index in [1.54, 1.807) is 20.8 Å². The molecule has 110 valence electrons. The van der Waals surface area contributed by atoms with Gasteiger partial charge in [-0.3, -0.25) is 14.9 Å². The van der Waals surface area contributed by atoms with E-state index >= 15 is 0 Å². The number of benzene rings is 1. The molecule has 7 heteroatoms. The van der Waals surface area contributed by atoms with Gasteiger partial charge in [-0.15, -0.1) is 0 Å². The molecule has 0 aliphatic carbocycles. The highest BCUT2D eigenvalue weighted by Gasteiger charge is 2.19. The van der Waals surface area contributed by atoms with E-state index in [1.165, 1.54) is 18.2 Å². The highest BCUT2D eigenvalue weighted by Crippen LogP contribution is 2.26. The number of anilines is 1. The molecule has 0 aliphatic heterocycles. The third-order valence-corrected chi connectivity index (χ3v) is 2.51. The number of nitrogens with one attached hydrogen (secondary N) is 2. The lowest BCUT2D eigenvalue weighted by Crippen LogP contribution is -2.29. The minimum absolute atomic E-state index is 0.161. The molecule has 7 nitrogen and oxygen atoms in total. The van der Waals surface area contributed by atoms with E-state index in [1.807, 2.05) is 0 Å². The fraction of sp³-hybridized carbons (Fsp3) is 0.462. The van der Waals surface area contributed by atoms with E-state index in [-0.39, 0.29) is 29.4 Å². The minimum atomic E-state index is -0.994. The van der Waals surface area contributed by atoms with Crippen LogP contribution in [-0.4, -0.2) is 34.6 Å². The van der Waals surface area contributed by atoms with Crippen molar-refractivity contribution in [3.63, 3.8) is 0 Å². The summed E-state index contributed by atoms with van der Waals surface area (Å²) in [6.07, 6.45) is 0. The van der Waals surface area contributed by atoms with Gasteiger partial charge in [-0.05, 0) is 32.9 Å². The zero-order chi connectivity index (χ0) is 15.3. The maximum atomic E-state index is 11.7. The number of carbonyl (C=O) groups excluding carboxylic acids is 1. The molecule has 0 aliphatic rings. The van der Waals surface area contributed by atoms with Gasteiger partial charge in [-0.2, -0.15) is 0 Å². The Morgan fingerprint density at radius 3 is 2.60 bits per heavy atom. The number of hydrogen-bond acceptors (Lipinski definition) is 5. The number of nitro benzene ring substituents is 1. The maximum Gasteiger partial charge on any atom is 0.293 e. The number of aliphatic hydroxyl groups is 1. The van der Waals surface area contributed by atoms with Crippen molar-refractivity contribution in [1.29, 1.82) is 0 Å². The van der Waals surface area contributed by atoms with Gasteiger partial charge in [0.25, 0.3) is 11.6 Å². The van der Waals surface area contributed by atoms with Crippen LogP contribution in [0, 0.1) is 10.1 Å². The molecule has 1 rings (SSSR count). The van der Waals surface area contributed by atoms with Crippen LogP contribution in [0.25, 0.3) is 0 Å². The van der Waals surface area contributed by atoms with Crippen molar-refractivity contribution in [3.8, 4) is 0 Å². The fourth-order valence-electron chi connectivity index (χ4n) is 1.55. The van der Waals surface area contributed by atoms with Crippen molar-refractivity contribution in [2.45, 2.75) is 26.4 Å². The van der Waals surface area contributed by atoms with Crippen LogP contribution in [0.5, 0.6) is 0 Å². The van der Waals surface area contributed by atoms with Crippen LogP contribution < -0.4 is 10.6 Å². The molecule has 0 saturated heterocycles. The van der Waals surface area contributed by atoms with E-state index in [4.69, 9.17) is 0 Å². The molecule has 0 heterocycles. The van der Waals surface area contributed by atoms with Crippen molar-refractivity contribution in [3.05, 3.63) is 33.9 Å². The summed E-state index contributed by atoms with van der Waals surface area (Å²) < 4.78 is 0. The van der Waals surface area contributed by atoms with Gasteiger partial charge in [0.1, 0.15) is 5.69 Å². The lowest BCUT2D eigenvalue weighted by atomic mass is 10.1. The van der Waals surface area contributed by atoms with Crippen LogP contribution >= 0.6 is 0 Å². The number of amides is 1. The predicted octanol–water partition coefficient (Wildman–Crippen LogP) is 1.53. The standard InChI is InChI=1S/C13H19N3O4/c1-4-14-12(17)9-5-6-10(11(7-9)16(19)20)15-8-13(2,3)18/h5-7,15,18H,4,8H2,1-3H3,(H,14,17). The van der Waals surface area contributed by atoms with Gasteiger partial charge >= 0.3 is 0 Å². The van der Waals surface area contributed by atoms with E-state index < -0.39 is 10.5 Å². The van der Waals surface area contributed by atoms with Gasteiger partial charge < -0.3 is 15.7 Å². The number of hydrogen-bond donors (Lipinski definition) is 3. The summed E-state index contributed by atoms with van der Waals surface area (Å²) in [5.41, 5.74) is -0.693. The van der Waals surface area contributed by atoms with E-state index in [0.29, 0.717) is 6.54 Å². The second kappa shape index (κ2) is 6.33. The number of carbonyl (C=O) groups is 1. The van der Waals surface area contributed by atoms with E-state index in [2.05, 4.69) is 10.6 Å². The molecule has 0 saturated carbocycles. The summed E-state index contributed by atoms with van der Waals surface area (Å²) in [6, 6.07) is 4.19. The van der Waals surface area contributed by atoms with Crippen LogP contribution in [0.4, 0.5) is 11.4 Å². The summed E-state index contributed by atoms with van der Waals surface area (Å²) in [5.74, 6) is -0.357. The summed E-state index contributed by atoms with van der Waals surface area (Å²) >= 11 is 0. The quantitative estimate of drug-likeness (QED) is 0.541. The van der Waals surface area contributed by atoms with E-state index in [0.717, 1.165) is 0 Å². The van der Waals surface area contributed by atoms with Crippen molar-refractivity contribution < 1.29 is 14.8 Å². The van der Waals surface area contributed by atoms with Crippen LogP contribution in [0.2, 0.25) is 0 Å². The van der Waals surface area contributed by atoms with Crippen molar-refractivity contribution >= 4 is 17.3 Å². The Balaban J connectivity index is 3.02. The molecule has 0 aromatic heterocycles. The van der Waals surface area contributed by atoms with Crippen molar-refractivity contribution in [2.24, 2.45) is 0 Å². The molecule has 0 unspecified atom stereocenters. The third kappa shape index (κ3) is 4.51. The monoisotopic (exact) mass is 281 g/mol. The SMILES string of the molecule is CCNC(=O)c1ccc(NCC(C)(C)O)c([N+](=O)[O-])c1. The highest BCUT2D eigenvalue weighted by molar-refractivity contribution is 5.95. The van der Waals surface area contributed by atoms with Crippen LogP contribution in [0.15, 0.2) is 18.2 Å². The van der Waals surface area contributed by atoms with Gasteiger partial charge in [0.05, 0.1) is 10.5 Å². The van der Waals surface area contributed by atoms with Gasteiger partial charge in [0.2, 0.25) is 0 Å². The summed E-state index contributed by atoms with van der Waals surface area (Å²) in [6.45, 7) is 5.56. The minimum Gasteiger partial charge on any atom is -0.389 e. The molecule has 1 amide bonds. The molecular formula is C13H19N3O4. The fourth-order valence-corrected chi connectivity index (χ4v) is 1.55. The molecule has 1 aromatic carbocycles. The van der Waals surface area contributed by atoms with Gasteiger partial charge in [0, 0.05) is 24.7 Å². The Hall–Kier alpha value is -2.15. The maximum absolute atomic E-state index is 11.7. The number of rotatable bonds is 6. The lowest BCUT2D eigenvalue weighted by molar-refractivity contribution is -0.384. The zero-order valence-electron chi connectivity index (χ0n) is 11.8. The summed E-state index contributed by atoms with van der Waals surface area (Å²) in [4.78, 5) is 22.1. The lowest BCUT2D eigenvalue weighted by Gasteiger charge is -2.18. The normalized spacial score (nSPS) is 11.0. The predicted molar refractivity (Wildman–Crippen MR) is 75.9 cm³/mol. The first-order valence-electron chi connectivity index (χ1n) is 6.27. The molecule has 0 radical (unpaired) electrons. The molecular weight excluding hydrogens is 262 g/mol. The Morgan fingerprint density at radius 1 is 1.45 bits per heavy atom. The molecule has 20 heavy (non-hydrogen) atoms. The van der Waals surface area contributed by atoms with Gasteiger partial charge in [-0.25, -0.2) is 0 Å². The van der Waals surface area contributed by atoms with E-state index in [9.17, 15) is 20.0 Å². The Labute approximate surface area is 117 Å². The first-order chi connectivity index (χ1) is 9.24. The highest BCUT2D eigenvalue weighted by atomic mass is 16.6. The third-order valence-electron chi connectivity index (χ3n) is 2.51. The first-order valence-corrected chi connectivity index (χ1v) is 6.27. The first kappa shape index (κ1) is 15.9. The van der Waals surface area contributed by atoms with Gasteiger partial charge in [-0.1, -0.05) is 0 Å². The largest absolute Gasteiger partial charge is 0.389 e. The molecule has 0 atom stereocenters. The molecule has 3 N–H and O–H groups in total. The van der Waals surface area contributed by atoms with Crippen LogP contribution in [0.3, 0.4) is 0 Å². The Kier molecular flexibility index (Phi) is 5.04. The van der Waals surface area contributed by atoms with Crippen LogP contribution in [-0.2, 0) is 0 Å². The number of nitro groups is 1. The summed E-state index contributed by atoms with van der Waals surface area (Å²) in [7, 11) is 0. The molecule has 0 fully saturated rings.